The zero-order chi connectivity index (χ0) is 21.0. The molecule has 2 N–H and O–H groups in total. The average molecular weight is 399 g/mol. The molecule has 0 aliphatic heterocycles. The Morgan fingerprint density at radius 3 is 2.19 bits per heavy atom. The number of carbonyl (C=O) groups is 1. The summed E-state index contributed by atoms with van der Waals surface area (Å²) in [6, 6.07) is 5.83. The van der Waals surface area contributed by atoms with Crippen molar-refractivity contribution in [2.75, 3.05) is 20.0 Å². The van der Waals surface area contributed by atoms with Gasteiger partial charge in [-0.15, -0.1) is 0 Å². The Hall–Kier alpha value is -1.60. The predicted octanol–water partition coefficient (Wildman–Crippen LogP) is 2.93. The third kappa shape index (κ3) is 5.45. The van der Waals surface area contributed by atoms with Gasteiger partial charge in [-0.3, -0.25) is 4.79 Å². The van der Waals surface area contributed by atoms with Gasteiger partial charge in [0.15, 0.2) is 11.5 Å². The summed E-state index contributed by atoms with van der Waals surface area (Å²) >= 11 is 0. The molecule has 0 bridgehead atoms. The third-order valence-electron chi connectivity index (χ3n) is 5.14. The minimum absolute atomic E-state index is 0.214. The zero-order valence-corrected chi connectivity index (χ0v) is 18.8. The van der Waals surface area contributed by atoms with E-state index in [1.54, 1.807) is 21.0 Å². The second-order valence-electron chi connectivity index (χ2n) is 8.18. The first-order valence-electron chi connectivity index (χ1n) is 9.03. The lowest BCUT2D eigenvalue weighted by Gasteiger charge is -2.44. The lowest BCUT2D eigenvalue weighted by Crippen LogP contribution is -2.62. The second kappa shape index (κ2) is 8.61. The van der Waals surface area contributed by atoms with Gasteiger partial charge in [0.2, 0.25) is 5.91 Å². The Bertz CT molecular complexity index is 699. The lowest BCUT2D eigenvalue weighted by atomic mass is 9.69. The van der Waals surface area contributed by atoms with Crippen molar-refractivity contribution in [3.05, 3.63) is 23.8 Å². The first-order chi connectivity index (χ1) is 12.3. The van der Waals surface area contributed by atoms with Gasteiger partial charge in [0.1, 0.15) is 5.54 Å². The number of carbonyl (C=O) groups excluding carboxylic acids is 1. The molecule has 0 spiro atoms. The fourth-order valence-corrected chi connectivity index (χ4v) is 3.51. The van der Waals surface area contributed by atoms with E-state index in [4.69, 9.17) is 9.47 Å². The van der Waals surface area contributed by atoms with Crippen molar-refractivity contribution in [2.24, 2.45) is 0 Å². The molecule has 0 aliphatic carbocycles. The molecule has 7 heteroatoms. The molecule has 1 rings (SSSR count). The van der Waals surface area contributed by atoms with Crippen LogP contribution in [0.3, 0.4) is 0 Å². The van der Waals surface area contributed by atoms with Gasteiger partial charge in [-0.05, 0) is 52.3 Å². The summed E-state index contributed by atoms with van der Waals surface area (Å²) in [7, 11) is 0.320. The van der Waals surface area contributed by atoms with Gasteiger partial charge in [-0.25, -0.2) is 8.93 Å². The number of ether oxygens (including phenoxy) is 2. The predicted molar refractivity (Wildman–Crippen MR) is 111 cm³/mol. The van der Waals surface area contributed by atoms with Crippen molar-refractivity contribution in [2.45, 2.75) is 65.0 Å². The second-order valence-corrected chi connectivity index (χ2v) is 9.30. The van der Waals surface area contributed by atoms with Gasteiger partial charge >= 0.3 is 0 Å². The molecule has 0 aliphatic rings. The van der Waals surface area contributed by atoms with Crippen LogP contribution in [0.2, 0.25) is 0 Å². The highest BCUT2D eigenvalue weighted by molar-refractivity contribution is 7.82. The maximum Gasteiger partial charge on any atom is 0.241 e. The van der Waals surface area contributed by atoms with Gasteiger partial charge < -0.3 is 14.8 Å². The molecule has 6 nitrogen and oxygen atoms in total. The summed E-state index contributed by atoms with van der Waals surface area (Å²) in [5.41, 5.74) is -0.944. The van der Waals surface area contributed by atoms with E-state index < -0.39 is 27.5 Å². The van der Waals surface area contributed by atoms with Gasteiger partial charge in [0, 0.05) is 17.2 Å². The normalized spacial score (nSPS) is 13.8. The first kappa shape index (κ1) is 23.4. The molecule has 27 heavy (non-hydrogen) atoms. The third-order valence-corrected chi connectivity index (χ3v) is 5.94. The molecule has 1 amide bonds. The number of hydrogen-bond donors (Lipinski definition) is 2. The van der Waals surface area contributed by atoms with Crippen LogP contribution in [0.15, 0.2) is 18.2 Å². The standard InChI is InChI=1S/C20H34N2O4S/c1-10-26-15-12-11-14(13-16(15)25-8)18(2,3)20(6,7)21-17(23)19(4,5)22-27(9)24/h11-13,22H,10H2,1-9H3,(H,21,23). The van der Waals surface area contributed by atoms with Crippen molar-refractivity contribution < 1.29 is 18.5 Å². The van der Waals surface area contributed by atoms with Crippen molar-refractivity contribution in [3.8, 4) is 11.5 Å². The molecule has 0 radical (unpaired) electrons. The first-order valence-corrected chi connectivity index (χ1v) is 10.6. The number of rotatable bonds is 9. The highest BCUT2D eigenvalue weighted by atomic mass is 32.2. The number of benzene rings is 1. The fourth-order valence-electron chi connectivity index (χ4n) is 2.69. The summed E-state index contributed by atoms with van der Waals surface area (Å²) in [6.45, 7) is 14.0. The summed E-state index contributed by atoms with van der Waals surface area (Å²) in [4.78, 5) is 12.8. The van der Waals surface area contributed by atoms with E-state index in [0.717, 1.165) is 5.56 Å². The van der Waals surface area contributed by atoms with E-state index in [2.05, 4.69) is 23.9 Å². The monoisotopic (exact) mass is 398 g/mol. The summed E-state index contributed by atoms with van der Waals surface area (Å²) in [5, 5.41) is 3.11. The van der Waals surface area contributed by atoms with Crippen LogP contribution in [0.1, 0.15) is 54.0 Å². The molecule has 1 atom stereocenters. The van der Waals surface area contributed by atoms with E-state index in [9.17, 15) is 9.00 Å². The Morgan fingerprint density at radius 1 is 1.11 bits per heavy atom. The molecule has 1 aromatic rings. The molecule has 154 valence electrons. The average Bonchev–Trinajstić information content (AvgIpc) is 2.53. The molecule has 1 aromatic carbocycles. The van der Waals surface area contributed by atoms with E-state index in [1.807, 2.05) is 39.0 Å². The quantitative estimate of drug-likeness (QED) is 0.671. The van der Waals surface area contributed by atoms with Gasteiger partial charge in [-0.2, -0.15) is 0 Å². The summed E-state index contributed by atoms with van der Waals surface area (Å²) < 4.78 is 25.4. The van der Waals surface area contributed by atoms with Gasteiger partial charge in [0.25, 0.3) is 0 Å². The minimum Gasteiger partial charge on any atom is -0.493 e. The Labute approximate surface area is 166 Å². The highest BCUT2D eigenvalue weighted by Crippen LogP contribution is 2.39. The molecular weight excluding hydrogens is 364 g/mol. The van der Waals surface area contributed by atoms with Crippen molar-refractivity contribution in [3.63, 3.8) is 0 Å². The van der Waals surface area contributed by atoms with Gasteiger partial charge in [-0.1, -0.05) is 19.9 Å². The molecular formula is C20H34N2O4S. The van der Waals surface area contributed by atoms with E-state index >= 15 is 0 Å². The minimum atomic E-state index is -1.29. The Balaban J connectivity index is 3.17. The van der Waals surface area contributed by atoms with Crippen LogP contribution in [0.4, 0.5) is 0 Å². The van der Waals surface area contributed by atoms with Crippen LogP contribution in [-0.2, 0) is 21.2 Å². The number of amides is 1. The maximum atomic E-state index is 12.8. The van der Waals surface area contributed by atoms with Gasteiger partial charge in [0.05, 0.1) is 24.7 Å². The SMILES string of the molecule is CCOc1ccc(C(C)(C)C(C)(C)NC(=O)C(C)(C)NS(C)=O)cc1OC. The van der Waals surface area contributed by atoms with Crippen LogP contribution >= 0.6 is 0 Å². The number of methoxy groups -OCH3 is 1. The molecule has 0 saturated heterocycles. The molecule has 1 unspecified atom stereocenters. The Morgan fingerprint density at radius 2 is 1.70 bits per heavy atom. The topological polar surface area (TPSA) is 76.7 Å². The lowest BCUT2D eigenvalue weighted by molar-refractivity contribution is -0.128. The van der Waals surface area contributed by atoms with Crippen LogP contribution in [-0.4, -0.2) is 41.2 Å². The summed E-state index contributed by atoms with van der Waals surface area (Å²) in [6.07, 6.45) is 1.51. The largest absolute Gasteiger partial charge is 0.493 e. The van der Waals surface area contributed by atoms with Crippen molar-refractivity contribution in [1.29, 1.82) is 0 Å². The number of nitrogens with one attached hydrogen (secondary N) is 2. The zero-order valence-electron chi connectivity index (χ0n) is 18.0. The maximum absolute atomic E-state index is 12.8. The molecule has 0 heterocycles. The highest BCUT2D eigenvalue weighted by Gasteiger charge is 2.42. The Kier molecular flexibility index (Phi) is 7.47. The smallest absolute Gasteiger partial charge is 0.241 e. The van der Waals surface area contributed by atoms with Crippen LogP contribution in [0.5, 0.6) is 11.5 Å². The number of hydrogen-bond acceptors (Lipinski definition) is 4. The molecule has 0 saturated carbocycles. The van der Waals surface area contributed by atoms with Crippen molar-refractivity contribution >= 4 is 16.9 Å². The molecule has 0 fully saturated rings. The van der Waals surface area contributed by atoms with E-state index in [0.29, 0.717) is 18.1 Å². The van der Waals surface area contributed by atoms with E-state index in [-0.39, 0.29) is 5.91 Å². The summed E-state index contributed by atoms with van der Waals surface area (Å²) in [5.74, 6) is 1.14. The fraction of sp³-hybridized carbons (Fsp3) is 0.650. The van der Waals surface area contributed by atoms with Crippen LogP contribution < -0.4 is 19.5 Å². The van der Waals surface area contributed by atoms with Crippen molar-refractivity contribution in [1.82, 2.24) is 10.0 Å². The molecule has 0 aromatic heterocycles. The van der Waals surface area contributed by atoms with Crippen LogP contribution in [0, 0.1) is 0 Å². The van der Waals surface area contributed by atoms with Crippen LogP contribution in [0.25, 0.3) is 0 Å². The van der Waals surface area contributed by atoms with E-state index in [1.165, 1.54) is 6.26 Å².